The molecule has 8 heteroatoms. The van der Waals surface area contributed by atoms with Gasteiger partial charge in [-0.3, -0.25) is 9.52 Å². The van der Waals surface area contributed by atoms with Gasteiger partial charge in [-0.05, 0) is 67.4 Å². The number of benzene rings is 3. The van der Waals surface area contributed by atoms with Crippen molar-refractivity contribution in [3.05, 3.63) is 88.2 Å². The number of hydrogen-bond acceptors (Lipinski definition) is 3. The zero-order chi connectivity index (χ0) is 21.2. The number of hydrogen-bond donors (Lipinski definition) is 2. The first-order valence-electron chi connectivity index (χ1n) is 8.62. The van der Waals surface area contributed by atoms with Crippen molar-refractivity contribution in [1.82, 2.24) is 0 Å². The fourth-order valence-corrected chi connectivity index (χ4v) is 3.97. The van der Waals surface area contributed by atoms with E-state index in [1.807, 2.05) is 13.0 Å². The second kappa shape index (κ2) is 8.23. The van der Waals surface area contributed by atoms with Crippen molar-refractivity contribution in [3.63, 3.8) is 0 Å². The molecule has 1 amide bonds. The Morgan fingerprint density at radius 2 is 1.69 bits per heavy atom. The average molecular weight is 433 g/mol. The maximum absolute atomic E-state index is 13.9. The van der Waals surface area contributed by atoms with Gasteiger partial charge in [-0.25, -0.2) is 12.8 Å². The zero-order valence-corrected chi connectivity index (χ0v) is 17.2. The third-order valence-electron chi connectivity index (χ3n) is 4.13. The van der Waals surface area contributed by atoms with Crippen LogP contribution in [0.4, 0.5) is 15.8 Å². The lowest BCUT2D eigenvalue weighted by Gasteiger charge is -2.12. The SMILES string of the molecule is Cc1cccc(NS(=O)(=O)c2ccc(Cl)c(C(=O)Nc3cc(C)ccc3F)c2)c1. The number of sulfonamides is 1. The number of anilines is 2. The smallest absolute Gasteiger partial charge is 0.261 e. The normalized spacial score (nSPS) is 11.2. The van der Waals surface area contributed by atoms with E-state index in [4.69, 9.17) is 11.6 Å². The maximum Gasteiger partial charge on any atom is 0.261 e. The molecule has 29 heavy (non-hydrogen) atoms. The van der Waals surface area contributed by atoms with E-state index in [0.29, 0.717) is 5.69 Å². The highest BCUT2D eigenvalue weighted by atomic mass is 35.5. The van der Waals surface area contributed by atoms with Crippen LogP contribution in [0.15, 0.2) is 65.6 Å². The van der Waals surface area contributed by atoms with Gasteiger partial charge < -0.3 is 5.32 Å². The molecule has 0 radical (unpaired) electrons. The van der Waals surface area contributed by atoms with Crippen LogP contribution in [0.25, 0.3) is 0 Å². The minimum Gasteiger partial charge on any atom is -0.319 e. The molecular formula is C21H18ClFN2O3S. The van der Waals surface area contributed by atoms with Crippen LogP contribution in [0, 0.1) is 19.7 Å². The van der Waals surface area contributed by atoms with E-state index >= 15 is 0 Å². The highest BCUT2D eigenvalue weighted by Gasteiger charge is 2.20. The molecule has 3 aromatic rings. The molecule has 0 heterocycles. The van der Waals surface area contributed by atoms with E-state index in [9.17, 15) is 17.6 Å². The van der Waals surface area contributed by atoms with Crippen molar-refractivity contribution < 1.29 is 17.6 Å². The van der Waals surface area contributed by atoms with Crippen molar-refractivity contribution >= 4 is 38.9 Å². The van der Waals surface area contributed by atoms with E-state index < -0.39 is 21.7 Å². The van der Waals surface area contributed by atoms with Crippen LogP contribution in [0.5, 0.6) is 0 Å². The molecule has 3 aromatic carbocycles. The zero-order valence-electron chi connectivity index (χ0n) is 15.7. The predicted molar refractivity (Wildman–Crippen MR) is 113 cm³/mol. The van der Waals surface area contributed by atoms with Crippen LogP contribution in [-0.2, 0) is 10.0 Å². The van der Waals surface area contributed by atoms with Gasteiger partial charge in [0.15, 0.2) is 0 Å². The fourth-order valence-electron chi connectivity index (χ4n) is 2.69. The molecular weight excluding hydrogens is 415 g/mol. The number of rotatable bonds is 5. The van der Waals surface area contributed by atoms with E-state index in [0.717, 1.165) is 17.2 Å². The van der Waals surface area contributed by atoms with Crippen LogP contribution in [-0.4, -0.2) is 14.3 Å². The lowest BCUT2D eigenvalue weighted by atomic mass is 10.2. The maximum atomic E-state index is 13.9. The first kappa shape index (κ1) is 20.8. The Kier molecular flexibility index (Phi) is 5.91. The van der Waals surface area contributed by atoms with Crippen molar-refractivity contribution in [2.24, 2.45) is 0 Å². The van der Waals surface area contributed by atoms with Gasteiger partial charge >= 0.3 is 0 Å². The van der Waals surface area contributed by atoms with E-state index in [-0.39, 0.29) is 21.2 Å². The number of halogens is 2. The monoisotopic (exact) mass is 432 g/mol. The molecule has 2 N–H and O–H groups in total. The molecule has 0 spiro atoms. The minimum absolute atomic E-state index is 0.0165. The van der Waals surface area contributed by atoms with E-state index in [1.54, 1.807) is 31.2 Å². The molecule has 150 valence electrons. The summed E-state index contributed by atoms with van der Waals surface area (Å²) in [5.41, 5.74) is 1.94. The fraction of sp³-hybridized carbons (Fsp3) is 0.0952. The van der Waals surface area contributed by atoms with Crippen LogP contribution >= 0.6 is 11.6 Å². The average Bonchev–Trinajstić information content (AvgIpc) is 2.64. The highest BCUT2D eigenvalue weighted by Crippen LogP contribution is 2.25. The molecule has 0 aliphatic heterocycles. The van der Waals surface area contributed by atoms with Crippen molar-refractivity contribution in [2.75, 3.05) is 10.0 Å². The van der Waals surface area contributed by atoms with Gasteiger partial charge in [-0.1, -0.05) is 29.8 Å². The van der Waals surface area contributed by atoms with Crippen LogP contribution in [0.3, 0.4) is 0 Å². The molecule has 3 rings (SSSR count). The standard InChI is InChI=1S/C21H18ClFN2O3S/c1-13-4-3-5-15(10-13)25-29(27,28)16-7-8-18(22)17(12-16)21(26)24-20-11-14(2)6-9-19(20)23/h3-12,25H,1-2H3,(H,24,26). The molecule has 0 aliphatic rings. The summed E-state index contributed by atoms with van der Waals surface area (Å²) in [4.78, 5) is 12.5. The van der Waals surface area contributed by atoms with Crippen LogP contribution in [0.1, 0.15) is 21.5 Å². The molecule has 0 saturated heterocycles. The number of carbonyl (C=O) groups is 1. The summed E-state index contributed by atoms with van der Waals surface area (Å²) in [7, 11) is -3.95. The first-order chi connectivity index (χ1) is 13.7. The quantitative estimate of drug-likeness (QED) is 0.585. The van der Waals surface area contributed by atoms with Crippen molar-refractivity contribution in [3.8, 4) is 0 Å². The van der Waals surface area contributed by atoms with Gasteiger partial charge in [0.2, 0.25) is 0 Å². The summed E-state index contributed by atoms with van der Waals surface area (Å²) >= 11 is 6.09. The highest BCUT2D eigenvalue weighted by molar-refractivity contribution is 7.92. The molecule has 0 saturated carbocycles. The van der Waals surface area contributed by atoms with Gasteiger partial charge in [0.05, 0.1) is 21.2 Å². The third-order valence-corrected chi connectivity index (χ3v) is 5.84. The molecule has 5 nitrogen and oxygen atoms in total. The number of nitrogens with one attached hydrogen (secondary N) is 2. The molecule has 0 aliphatic carbocycles. The first-order valence-corrected chi connectivity index (χ1v) is 10.5. The Hall–Kier alpha value is -2.90. The van der Waals surface area contributed by atoms with Crippen LogP contribution in [0.2, 0.25) is 5.02 Å². The molecule has 0 bridgehead atoms. The Morgan fingerprint density at radius 1 is 0.966 bits per heavy atom. The largest absolute Gasteiger partial charge is 0.319 e. The summed E-state index contributed by atoms with van der Waals surface area (Å²) in [6.45, 7) is 3.60. The topological polar surface area (TPSA) is 75.3 Å². The predicted octanol–water partition coefficient (Wildman–Crippen LogP) is 5.15. The molecule has 0 fully saturated rings. The summed E-state index contributed by atoms with van der Waals surface area (Å²) in [6.07, 6.45) is 0. The number of aryl methyl sites for hydroxylation is 2. The minimum atomic E-state index is -3.95. The molecule has 0 atom stereocenters. The van der Waals surface area contributed by atoms with E-state index in [1.165, 1.54) is 24.3 Å². The third kappa shape index (κ3) is 4.93. The van der Waals surface area contributed by atoms with Crippen molar-refractivity contribution in [1.29, 1.82) is 0 Å². The molecule has 0 unspecified atom stereocenters. The number of amides is 1. The van der Waals surface area contributed by atoms with Gasteiger partial charge in [-0.2, -0.15) is 0 Å². The van der Waals surface area contributed by atoms with Gasteiger partial charge in [0, 0.05) is 5.69 Å². The summed E-state index contributed by atoms with van der Waals surface area (Å²) in [5, 5.41) is 2.48. The Balaban J connectivity index is 1.91. The van der Waals surface area contributed by atoms with Crippen LogP contribution < -0.4 is 10.0 Å². The Morgan fingerprint density at radius 3 is 2.41 bits per heavy atom. The molecule has 0 aromatic heterocycles. The lowest BCUT2D eigenvalue weighted by Crippen LogP contribution is -2.17. The second-order valence-corrected chi connectivity index (χ2v) is 8.64. The summed E-state index contributed by atoms with van der Waals surface area (Å²) < 4.78 is 41.8. The summed E-state index contributed by atoms with van der Waals surface area (Å²) in [6, 6.07) is 14.9. The van der Waals surface area contributed by atoms with E-state index in [2.05, 4.69) is 10.0 Å². The number of carbonyl (C=O) groups excluding carboxylic acids is 1. The Labute approximate surface area is 173 Å². The Bertz CT molecular complexity index is 1200. The lowest BCUT2D eigenvalue weighted by molar-refractivity contribution is 0.102. The van der Waals surface area contributed by atoms with Gasteiger partial charge in [0.25, 0.3) is 15.9 Å². The van der Waals surface area contributed by atoms with Gasteiger partial charge in [-0.15, -0.1) is 0 Å². The second-order valence-electron chi connectivity index (χ2n) is 6.55. The van der Waals surface area contributed by atoms with Gasteiger partial charge in [0.1, 0.15) is 5.82 Å². The summed E-state index contributed by atoms with van der Waals surface area (Å²) in [5.74, 6) is -1.32. The van der Waals surface area contributed by atoms with Crippen molar-refractivity contribution in [2.45, 2.75) is 18.7 Å².